The van der Waals surface area contributed by atoms with E-state index in [0.29, 0.717) is 28.1 Å². The Balaban J connectivity index is 1.37. The molecular formula is C46H50N6O10S. The maximum Gasteiger partial charge on any atom is 0.408 e. The summed E-state index contributed by atoms with van der Waals surface area (Å²) in [5.74, 6) is 2.06. The number of alkyl carbamates (subject to hydrolysis) is 1. The molecule has 1 saturated carbocycles. The molecule has 2 aliphatic rings. The molecule has 0 unspecified atom stereocenters. The molecule has 0 radical (unpaired) electrons. The van der Waals surface area contributed by atoms with Crippen LogP contribution in [0.2, 0.25) is 0 Å². The third-order valence-electron chi connectivity index (χ3n) is 10.5. The van der Waals surface area contributed by atoms with Crippen LogP contribution >= 0.6 is 0 Å². The number of fused-ring (bicyclic) bond motifs is 1. The number of nitrogens with zero attached hydrogens (tertiary/aromatic N) is 3. The Hall–Kier alpha value is -6.93. The van der Waals surface area contributed by atoms with E-state index in [4.69, 9.17) is 19.2 Å². The number of methoxy groups -OCH3 is 1. The summed E-state index contributed by atoms with van der Waals surface area (Å²) in [6.45, 7) is 9.65. The highest BCUT2D eigenvalue weighted by Crippen LogP contribution is 2.45. The van der Waals surface area contributed by atoms with Crippen molar-refractivity contribution >= 4 is 50.6 Å². The number of amides is 5. The fourth-order valence-corrected chi connectivity index (χ4v) is 8.38. The lowest BCUT2D eigenvalue weighted by atomic mass is 10.1. The quantitative estimate of drug-likeness (QED) is 0.121. The predicted molar refractivity (Wildman–Crippen MR) is 233 cm³/mol. The van der Waals surface area contributed by atoms with Crippen molar-refractivity contribution in [2.24, 2.45) is 5.92 Å². The number of hydrogen-bond donors (Lipinski definition) is 3. The first kappa shape index (κ1) is 45.6. The smallest absolute Gasteiger partial charge is 0.408 e. The second-order valence-electron chi connectivity index (χ2n) is 16.3. The normalized spacial score (nSPS) is 19.7. The van der Waals surface area contributed by atoms with Crippen LogP contribution in [0.4, 0.5) is 4.79 Å². The molecule has 63 heavy (non-hydrogen) atoms. The number of ether oxygens (including phenoxy) is 3. The molecule has 4 aromatic rings. The van der Waals surface area contributed by atoms with Gasteiger partial charge in [0.1, 0.15) is 40.8 Å². The molecule has 3 aromatic carbocycles. The van der Waals surface area contributed by atoms with Gasteiger partial charge in [0, 0.05) is 42.5 Å². The standard InChI is InChI=1S/C46H50N6O10S/c1-8-16-40(53)51(6)28-37(48-44(57)62-45(3,4)5)42(55)52-27-32(61-39-25-35(29-17-12-10-13-18-29)47-36-23-31(60-7)21-22-34(36)39)24-38(52)41(54)49-46(26-30(46)9-2)43(56)50-63(58,59)33-19-14-11-15-20-33/h9-15,17-23,25,30,32,37-38H,2,24,26-28H2,1,3-7H3,(H,48,57)(H,49,54)(H,50,56)/t30-,32-,37+,38+,46-/m1/s1. The van der Waals surface area contributed by atoms with Crippen molar-refractivity contribution in [2.75, 3.05) is 27.2 Å². The van der Waals surface area contributed by atoms with E-state index in [2.05, 4.69) is 33.8 Å². The Morgan fingerprint density at radius 3 is 2.33 bits per heavy atom. The largest absolute Gasteiger partial charge is 0.497 e. The Morgan fingerprint density at radius 2 is 1.71 bits per heavy atom. The Labute approximate surface area is 366 Å². The Bertz CT molecular complexity index is 2590. The minimum Gasteiger partial charge on any atom is -0.497 e. The molecule has 2 heterocycles. The maximum absolute atomic E-state index is 14.8. The lowest BCUT2D eigenvalue weighted by Crippen LogP contribution is -2.59. The number of likely N-dealkylation sites (tertiary alicyclic amines) is 1. The van der Waals surface area contributed by atoms with E-state index >= 15 is 0 Å². The number of rotatable bonds is 14. The number of benzene rings is 3. The summed E-state index contributed by atoms with van der Waals surface area (Å²) in [4.78, 5) is 76.4. The summed E-state index contributed by atoms with van der Waals surface area (Å²) < 4.78 is 46.2. The van der Waals surface area contributed by atoms with E-state index < -0.39 is 75.0 Å². The van der Waals surface area contributed by atoms with Crippen LogP contribution in [0, 0.1) is 17.8 Å². The van der Waals surface area contributed by atoms with E-state index in [9.17, 15) is 32.4 Å². The summed E-state index contributed by atoms with van der Waals surface area (Å²) in [5.41, 5.74) is -0.739. The number of carbonyl (C=O) groups is 5. The molecule has 1 aliphatic carbocycles. The molecular weight excluding hydrogens is 829 g/mol. The topological polar surface area (TPSA) is 203 Å². The van der Waals surface area contributed by atoms with Crippen molar-refractivity contribution in [2.45, 2.75) is 74.8 Å². The summed E-state index contributed by atoms with van der Waals surface area (Å²) in [6.07, 6.45) is -0.440. The molecule has 0 spiro atoms. The van der Waals surface area contributed by atoms with Crippen molar-refractivity contribution in [3.63, 3.8) is 0 Å². The van der Waals surface area contributed by atoms with E-state index in [1.54, 1.807) is 58.2 Å². The van der Waals surface area contributed by atoms with Gasteiger partial charge in [-0.15, -0.1) is 6.58 Å². The molecule has 6 rings (SSSR count). The third kappa shape index (κ3) is 10.6. The molecule has 17 heteroatoms. The lowest BCUT2D eigenvalue weighted by Gasteiger charge is -2.31. The zero-order valence-electron chi connectivity index (χ0n) is 35.8. The molecule has 1 aromatic heterocycles. The molecule has 3 N–H and O–H groups in total. The number of aromatic nitrogens is 1. The van der Waals surface area contributed by atoms with Crippen molar-refractivity contribution in [3.8, 4) is 34.6 Å². The van der Waals surface area contributed by atoms with Gasteiger partial charge in [0.2, 0.25) is 11.8 Å². The number of carbonyl (C=O) groups excluding carboxylic acids is 5. The predicted octanol–water partition coefficient (Wildman–Crippen LogP) is 4.20. The monoisotopic (exact) mass is 878 g/mol. The van der Waals surface area contributed by atoms with Gasteiger partial charge in [-0.3, -0.25) is 19.2 Å². The van der Waals surface area contributed by atoms with Crippen LogP contribution in [0.25, 0.3) is 22.2 Å². The first-order chi connectivity index (χ1) is 29.9. The van der Waals surface area contributed by atoms with Crippen LogP contribution in [-0.2, 0) is 33.9 Å². The SMILES string of the molecule is C=C[C@@H]1C[C@]1(NC(=O)[C@@H]1C[C@@H](Oc2cc(-c3ccccc3)nc3cc(OC)ccc23)CN1C(=O)[C@H](CN(C)C(=O)C#CC)NC(=O)OC(C)(C)C)C(=O)NS(=O)(=O)c1ccccc1. The number of likely N-dealkylation sites (N-methyl/N-ethyl adjacent to an activating group) is 1. The number of nitrogens with one attached hydrogen (secondary N) is 3. The molecule has 330 valence electrons. The lowest BCUT2D eigenvalue weighted by molar-refractivity contribution is -0.141. The molecule has 0 bridgehead atoms. The highest BCUT2D eigenvalue weighted by Gasteiger charge is 2.61. The first-order valence-corrected chi connectivity index (χ1v) is 21.6. The molecule has 2 fully saturated rings. The summed E-state index contributed by atoms with van der Waals surface area (Å²) in [5, 5.41) is 5.94. The number of hydrogen-bond acceptors (Lipinski definition) is 11. The zero-order chi connectivity index (χ0) is 45.7. The van der Waals surface area contributed by atoms with E-state index in [1.165, 1.54) is 49.2 Å². The van der Waals surface area contributed by atoms with E-state index in [1.807, 2.05) is 30.3 Å². The molecule has 5 atom stereocenters. The van der Waals surface area contributed by atoms with Crippen molar-refractivity contribution in [1.82, 2.24) is 30.1 Å². The van der Waals surface area contributed by atoms with Gasteiger partial charge in [0.15, 0.2) is 0 Å². The highest BCUT2D eigenvalue weighted by atomic mass is 32.2. The van der Waals surface area contributed by atoms with Crippen molar-refractivity contribution in [3.05, 3.63) is 97.6 Å². The van der Waals surface area contributed by atoms with E-state index in [0.717, 1.165) is 10.5 Å². The van der Waals surface area contributed by atoms with Crippen LogP contribution in [0.3, 0.4) is 0 Å². The Morgan fingerprint density at radius 1 is 1.03 bits per heavy atom. The van der Waals surface area contributed by atoms with Crippen molar-refractivity contribution in [1.29, 1.82) is 0 Å². The zero-order valence-corrected chi connectivity index (χ0v) is 36.7. The minimum atomic E-state index is -4.34. The van der Waals surface area contributed by atoms with Crippen LogP contribution in [-0.4, -0.2) is 109 Å². The van der Waals surface area contributed by atoms with Gasteiger partial charge in [0.25, 0.3) is 21.8 Å². The van der Waals surface area contributed by atoms with Gasteiger partial charge in [0.05, 0.1) is 36.3 Å². The summed E-state index contributed by atoms with van der Waals surface area (Å²) in [6, 6.07) is 21.0. The molecule has 16 nitrogen and oxygen atoms in total. The van der Waals surface area contributed by atoms with Gasteiger partial charge in [-0.1, -0.05) is 60.5 Å². The van der Waals surface area contributed by atoms with Crippen molar-refractivity contribution < 1.29 is 46.6 Å². The van der Waals surface area contributed by atoms with Gasteiger partial charge in [-0.25, -0.2) is 22.9 Å². The van der Waals surface area contributed by atoms with Crippen LogP contribution in [0.15, 0.2) is 102 Å². The fraction of sp³-hybridized carbons (Fsp3) is 0.348. The van der Waals surface area contributed by atoms with Crippen LogP contribution in [0.5, 0.6) is 11.5 Å². The van der Waals surface area contributed by atoms with E-state index in [-0.39, 0.29) is 30.8 Å². The molecule has 5 amide bonds. The highest BCUT2D eigenvalue weighted by molar-refractivity contribution is 7.90. The van der Waals surface area contributed by atoms with Crippen LogP contribution in [0.1, 0.15) is 40.5 Å². The minimum absolute atomic E-state index is 0.0297. The fourth-order valence-electron chi connectivity index (χ4n) is 7.32. The van der Waals surface area contributed by atoms with Crippen LogP contribution < -0.4 is 24.8 Å². The van der Waals surface area contributed by atoms with Gasteiger partial charge in [-0.2, -0.15) is 0 Å². The number of sulfonamides is 1. The second kappa shape index (κ2) is 18.6. The molecule has 1 saturated heterocycles. The number of pyridine rings is 1. The summed E-state index contributed by atoms with van der Waals surface area (Å²) in [7, 11) is -1.39. The average Bonchev–Trinajstić information content (AvgIpc) is 3.81. The van der Waals surface area contributed by atoms with Gasteiger partial charge in [-0.05, 0) is 64.3 Å². The maximum atomic E-state index is 14.8. The summed E-state index contributed by atoms with van der Waals surface area (Å²) >= 11 is 0. The average molecular weight is 879 g/mol. The van der Waals surface area contributed by atoms with Gasteiger partial charge >= 0.3 is 6.09 Å². The van der Waals surface area contributed by atoms with Gasteiger partial charge < -0.3 is 34.6 Å². The first-order valence-electron chi connectivity index (χ1n) is 20.1. The third-order valence-corrected chi connectivity index (χ3v) is 11.9. The second-order valence-corrected chi connectivity index (χ2v) is 17.9. The Kier molecular flexibility index (Phi) is 13.5. The molecule has 1 aliphatic heterocycles.